The topological polar surface area (TPSA) is 114 Å². The van der Waals surface area contributed by atoms with E-state index in [0.29, 0.717) is 6.54 Å². The van der Waals surface area contributed by atoms with Crippen molar-refractivity contribution in [1.82, 2.24) is 25.4 Å². The zero-order chi connectivity index (χ0) is 22.9. The number of hydrogen-bond acceptors (Lipinski definition) is 9. The van der Waals surface area contributed by atoms with Gasteiger partial charge in [0, 0.05) is 30.3 Å². The number of ether oxygens (including phenoxy) is 1. The number of aromatic nitrogens is 3. The normalized spacial score (nSPS) is 29.7. The second-order valence-corrected chi connectivity index (χ2v) is 10.3. The third-order valence-electron chi connectivity index (χ3n) is 6.72. The number of Topliss-reactive ketones (excluding diaryl/α,β-unsaturated/α-hetero) is 2. The molecule has 5 atom stereocenters. The molecule has 1 unspecified atom stereocenters. The summed E-state index contributed by atoms with van der Waals surface area (Å²) >= 11 is 7.70. The maximum atomic E-state index is 13.2. The molecule has 4 heterocycles. The molecular weight excluding hydrogens is 466 g/mol. The maximum Gasteiger partial charge on any atom is 0.280 e. The summed E-state index contributed by atoms with van der Waals surface area (Å²) in [5, 5.41) is 10.3. The summed E-state index contributed by atoms with van der Waals surface area (Å²) in [6, 6.07) is 1.37. The first kappa shape index (κ1) is 22.5. The Labute approximate surface area is 199 Å². The number of rotatable bonds is 6. The Morgan fingerprint density at radius 2 is 2.09 bits per heavy atom. The Hall–Kier alpha value is -2.27. The van der Waals surface area contributed by atoms with E-state index in [0.717, 1.165) is 36.1 Å². The van der Waals surface area contributed by atoms with Crippen molar-refractivity contribution in [3.8, 4) is 10.4 Å². The van der Waals surface area contributed by atoms with Crippen LogP contribution < -0.4 is 5.32 Å². The molecule has 0 bridgehead atoms. The van der Waals surface area contributed by atoms with E-state index in [1.165, 1.54) is 11.3 Å². The van der Waals surface area contributed by atoms with Gasteiger partial charge >= 0.3 is 0 Å². The minimum atomic E-state index is -0.379. The molecule has 1 amide bonds. The summed E-state index contributed by atoms with van der Waals surface area (Å²) in [6.45, 7) is 0.555. The molecule has 0 spiro atoms. The van der Waals surface area contributed by atoms with Crippen LogP contribution in [-0.4, -0.2) is 80.8 Å². The lowest BCUT2D eigenvalue weighted by Gasteiger charge is -2.39. The number of amides is 1. The molecule has 3 aliphatic rings. The van der Waals surface area contributed by atoms with Crippen LogP contribution in [0.3, 0.4) is 0 Å². The van der Waals surface area contributed by atoms with Gasteiger partial charge in [-0.15, -0.1) is 22.9 Å². The van der Waals surface area contributed by atoms with Crippen molar-refractivity contribution >= 4 is 40.4 Å². The molecule has 1 aliphatic carbocycles. The largest absolute Gasteiger partial charge is 0.367 e. The Kier molecular flexibility index (Phi) is 6.51. The summed E-state index contributed by atoms with van der Waals surface area (Å²) in [5.74, 6) is -0.610. The second kappa shape index (κ2) is 9.54. The van der Waals surface area contributed by atoms with Crippen LogP contribution in [0.1, 0.15) is 35.5 Å². The van der Waals surface area contributed by atoms with Gasteiger partial charge in [-0.3, -0.25) is 19.3 Å². The summed E-state index contributed by atoms with van der Waals surface area (Å²) in [7, 11) is 0. The second-order valence-electron chi connectivity index (χ2n) is 8.67. The highest BCUT2D eigenvalue weighted by Gasteiger charge is 2.53. The first-order valence-corrected chi connectivity index (χ1v) is 12.4. The third-order valence-corrected chi connectivity index (χ3v) is 8.15. The molecular formula is C22H24ClN5O4S. The molecule has 3 fully saturated rings. The van der Waals surface area contributed by atoms with Gasteiger partial charge in [0.1, 0.15) is 6.61 Å². The highest BCUT2D eigenvalue weighted by Crippen LogP contribution is 2.38. The number of fused-ring (bicyclic) bond motifs is 1. The average molecular weight is 490 g/mol. The van der Waals surface area contributed by atoms with Gasteiger partial charge in [0.15, 0.2) is 16.6 Å². The predicted molar refractivity (Wildman–Crippen MR) is 121 cm³/mol. The molecule has 9 nitrogen and oxygen atoms in total. The quantitative estimate of drug-likeness (QED) is 0.610. The molecule has 11 heteroatoms. The number of carbonyl (C=O) groups is 3. The van der Waals surface area contributed by atoms with Crippen LogP contribution in [0, 0.1) is 5.92 Å². The number of alkyl halides is 1. The fourth-order valence-electron chi connectivity index (χ4n) is 5.18. The zero-order valence-electron chi connectivity index (χ0n) is 17.9. The van der Waals surface area contributed by atoms with Crippen LogP contribution in [0.15, 0.2) is 24.7 Å². The first-order chi connectivity index (χ1) is 16.0. The van der Waals surface area contributed by atoms with Gasteiger partial charge < -0.3 is 10.1 Å². The minimum Gasteiger partial charge on any atom is -0.367 e. The highest BCUT2D eigenvalue weighted by molar-refractivity contribution is 7.16. The third kappa shape index (κ3) is 4.44. The van der Waals surface area contributed by atoms with E-state index in [2.05, 4.69) is 25.4 Å². The maximum absolute atomic E-state index is 13.2. The van der Waals surface area contributed by atoms with E-state index in [4.69, 9.17) is 16.3 Å². The van der Waals surface area contributed by atoms with Crippen molar-refractivity contribution in [3.05, 3.63) is 29.7 Å². The van der Waals surface area contributed by atoms with E-state index < -0.39 is 0 Å². The van der Waals surface area contributed by atoms with Crippen molar-refractivity contribution in [2.45, 2.75) is 49.2 Å². The standard InChI is InChI=1S/C22H24ClN5O4S/c23-14-10-28(19-17(30)11-32-20(14)19)15-4-2-1-3-13(15)16(29)8-24-21(31)22-25-9-18(33-22)12-5-6-26-27-7-12/h5-7,9,13-15,19-20H,1-4,8,10-11H2,(H,24,31)/t13-,14-,15?,19+,20+/m0/s1. The van der Waals surface area contributed by atoms with Gasteiger partial charge in [0.05, 0.1) is 41.3 Å². The fourth-order valence-corrected chi connectivity index (χ4v) is 6.37. The smallest absolute Gasteiger partial charge is 0.280 e. The summed E-state index contributed by atoms with van der Waals surface area (Å²) in [6.07, 6.45) is 8.03. The van der Waals surface area contributed by atoms with Crippen molar-refractivity contribution in [3.63, 3.8) is 0 Å². The van der Waals surface area contributed by atoms with Gasteiger partial charge in [-0.1, -0.05) is 12.8 Å². The van der Waals surface area contributed by atoms with E-state index in [9.17, 15) is 14.4 Å². The number of thiazole rings is 1. The lowest BCUT2D eigenvalue weighted by atomic mass is 9.80. The van der Waals surface area contributed by atoms with Crippen LogP contribution in [0.4, 0.5) is 0 Å². The summed E-state index contributed by atoms with van der Waals surface area (Å²) in [5.41, 5.74) is 0.828. The molecule has 1 saturated carbocycles. The van der Waals surface area contributed by atoms with Crippen molar-refractivity contribution in [1.29, 1.82) is 0 Å². The van der Waals surface area contributed by atoms with Crippen molar-refractivity contribution < 1.29 is 19.1 Å². The average Bonchev–Trinajstić information content (AvgIpc) is 3.56. The van der Waals surface area contributed by atoms with Crippen LogP contribution in [0.2, 0.25) is 0 Å². The number of nitrogens with one attached hydrogen (secondary N) is 1. The van der Waals surface area contributed by atoms with Crippen LogP contribution in [-0.2, 0) is 14.3 Å². The Bertz CT molecular complexity index is 1050. The number of hydrogen-bond donors (Lipinski definition) is 1. The molecule has 2 aliphatic heterocycles. The van der Waals surface area contributed by atoms with Gasteiger partial charge in [-0.2, -0.15) is 10.2 Å². The SMILES string of the molecule is O=C(NCC(=O)[C@H]1CCCCC1N1C[C@H](Cl)[C@H]2OCC(=O)[C@H]21)c1ncc(-c2ccnnc2)s1. The summed E-state index contributed by atoms with van der Waals surface area (Å²) < 4.78 is 5.60. The van der Waals surface area contributed by atoms with Crippen molar-refractivity contribution in [2.24, 2.45) is 5.92 Å². The van der Waals surface area contributed by atoms with E-state index in [1.807, 2.05) is 0 Å². The first-order valence-electron chi connectivity index (χ1n) is 11.1. The van der Waals surface area contributed by atoms with Gasteiger partial charge in [0.25, 0.3) is 5.91 Å². The molecule has 1 N–H and O–H groups in total. The molecule has 174 valence electrons. The number of nitrogens with zero attached hydrogens (tertiary/aromatic N) is 4. The summed E-state index contributed by atoms with van der Waals surface area (Å²) in [4.78, 5) is 45.3. The lowest BCUT2D eigenvalue weighted by molar-refractivity contribution is -0.128. The molecule has 2 saturated heterocycles. The number of likely N-dealkylation sites (tertiary alicyclic amines) is 1. The predicted octanol–water partition coefficient (Wildman–Crippen LogP) is 1.72. The van der Waals surface area contributed by atoms with E-state index in [1.54, 1.807) is 24.7 Å². The fraction of sp³-hybridized carbons (Fsp3) is 0.545. The molecule has 2 aromatic rings. The van der Waals surface area contributed by atoms with Gasteiger partial charge in [-0.05, 0) is 18.9 Å². The van der Waals surface area contributed by atoms with Crippen LogP contribution in [0.5, 0.6) is 0 Å². The zero-order valence-corrected chi connectivity index (χ0v) is 19.4. The van der Waals surface area contributed by atoms with Crippen LogP contribution >= 0.6 is 22.9 Å². The van der Waals surface area contributed by atoms with Crippen molar-refractivity contribution in [2.75, 3.05) is 19.7 Å². The molecule has 2 aromatic heterocycles. The molecule has 33 heavy (non-hydrogen) atoms. The monoisotopic (exact) mass is 489 g/mol. The van der Waals surface area contributed by atoms with Crippen LogP contribution in [0.25, 0.3) is 10.4 Å². The minimum absolute atomic E-state index is 0.0240. The molecule has 0 radical (unpaired) electrons. The Balaban J connectivity index is 1.23. The lowest BCUT2D eigenvalue weighted by Crippen LogP contribution is -2.52. The van der Waals surface area contributed by atoms with E-state index >= 15 is 0 Å². The Morgan fingerprint density at radius 1 is 1.24 bits per heavy atom. The highest BCUT2D eigenvalue weighted by atomic mass is 35.5. The molecule has 0 aromatic carbocycles. The Morgan fingerprint density at radius 3 is 2.91 bits per heavy atom. The van der Waals surface area contributed by atoms with Gasteiger partial charge in [-0.25, -0.2) is 4.98 Å². The molecule has 5 rings (SSSR count). The van der Waals surface area contributed by atoms with E-state index in [-0.39, 0.29) is 65.1 Å². The van der Waals surface area contributed by atoms with Gasteiger partial charge in [0.2, 0.25) is 0 Å². The number of ketones is 2. The number of halogens is 1. The number of carbonyl (C=O) groups excluding carboxylic acids is 3.